The number of hydrogen-bond donors (Lipinski definition) is 4. The van der Waals surface area contributed by atoms with Crippen molar-refractivity contribution < 1.29 is 19.4 Å². The number of para-hydroxylation sites is 1. The molecule has 230 valence electrons. The van der Waals surface area contributed by atoms with Crippen LogP contribution in [0.3, 0.4) is 0 Å². The Morgan fingerprint density at radius 1 is 1.04 bits per heavy atom. The number of thiazole rings is 1. The first-order valence-electron chi connectivity index (χ1n) is 14.7. The SMILES string of the molecule is CNC(=O)[C@H](Cc1ccc(O)cc1)NC(=O)c1cccc2c1OCC[C@H]2NCc1cncn1Cc1ccc(-c2cncs2)cc1. The second-order valence-corrected chi connectivity index (χ2v) is 11.8. The standard InChI is InChI=1S/C34H34N6O4S/c1-35-34(43)30(15-22-7-11-26(41)12-8-22)39-33(42)28-4-2-3-27-29(13-14-44-32(27)28)38-17-25-16-36-20-40(25)19-23-5-9-24(10-6-23)31-18-37-21-45-31/h2-12,16,18,20-21,29-30,38,41H,13-15,17,19H2,1H3,(H,35,43)(H,39,42)/t29-,30+/m1/s1. The largest absolute Gasteiger partial charge is 0.508 e. The van der Waals surface area contributed by atoms with Gasteiger partial charge in [0.2, 0.25) is 5.91 Å². The van der Waals surface area contributed by atoms with Crippen LogP contribution in [0.25, 0.3) is 10.4 Å². The van der Waals surface area contributed by atoms with Gasteiger partial charge in [-0.2, -0.15) is 0 Å². The minimum absolute atomic E-state index is 0.0322. The summed E-state index contributed by atoms with van der Waals surface area (Å²) in [7, 11) is 1.54. The zero-order valence-corrected chi connectivity index (χ0v) is 25.6. The molecular weight excluding hydrogens is 588 g/mol. The lowest BCUT2D eigenvalue weighted by Gasteiger charge is -2.28. The number of phenolic OH excluding ortho intramolecular Hbond substituents is 1. The summed E-state index contributed by atoms with van der Waals surface area (Å²) in [6.45, 7) is 1.74. The van der Waals surface area contributed by atoms with E-state index in [-0.39, 0.29) is 30.0 Å². The Bertz CT molecular complexity index is 1750. The number of hydrogen-bond acceptors (Lipinski definition) is 8. The van der Waals surface area contributed by atoms with E-state index in [9.17, 15) is 14.7 Å². The summed E-state index contributed by atoms with van der Waals surface area (Å²) < 4.78 is 8.16. The normalized spacial score (nSPS) is 14.6. The zero-order valence-electron chi connectivity index (χ0n) is 24.8. The maximum Gasteiger partial charge on any atom is 0.255 e. The maximum atomic E-state index is 13.5. The molecule has 0 spiro atoms. The number of likely N-dealkylation sites (N-methyl/N-ethyl adjacent to an activating group) is 1. The number of ether oxygens (including phenoxy) is 1. The molecule has 0 radical (unpaired) electrons. The number of aromatic nitrogens is 3. The van der Waals surface area contributed by atoms with Crippen LogP contribution in [0.1, 0.15) is 45.2 Å². The van der Waals surface area contributed by atoms with Crippen LogP contribution in [0.2, 0.25) is 0 Å². The molecule has 2 aromatic heterocycles. The van der Waals surface area contributed by atoms with E-state index in [1.54, 1.807) is 41.7 Å². The summed E-state index contributed by atoms with van der Waals surface area (Å²) >= 11 is 1.62. The molecule has 1 aliphatic heterocycles. The highest BCUT2D eigenvalue weighted by molar-refractivity contribution is 7.13. The molecule has 11 heteroatoms. The maximum absolute atomic E-state index is 13.5. The number of benzene rings is 3. The fourth-order valence-electron chi connectivity index (χ4n) is 5.50. The van der Waals surface area contributed by atoms with E-state index in [4.69, 9.17) is 4.74 Å². The fourth-order valence-corrected chi connectivity index (χ4v) is 6.13. The van der Waals surface area contributed by atoms with Crippen LogP contribution in [0, 0.1) is 0 Å². The molecule has 0 fully saturated rings. The highest BCUT2D eigenvalue weighted by Crippen LogP contribution is 2.35. The van der Waals surface area contributed by atoms with Crippen LogP contribution < -0.4 is 20.7 Å². The molecule has 4 N–H and O–H groups in total. The van der Waals surface area contributed by atoms with Crippen molar-refractivity contribution in [2.24, 2.45) is 0 Å². The van der Waals surface area contributed by atoms with E-state index in [1.165, 1.54) is 12.6 Å². The lowest BCUT2D eigenvalue weighted by Crippen LogP contribution is -2.47. The van der Waals surface area contributed by atoms with Gasteiger partial charge in [0.1, 0.15) is 17.5 Å². The highest BCUT2D eigenvalue weighted by Gasteiger charge is 2.28. The third-order valence-electron chi connectivity index (χ3n) is 7.91. The summed E-state index contributed by atoms with van der Waals surface area (Å²) in [6, 6.07) is 19.8. The molecule has 2 amide bonds. The van der Waals surface area contributed by atoms with Crippen LogP contribution in [0.5, 0.6) is 11.5 Å². The Hall–Kier alpha value is -5.00. The number of carbonyl (C=O) groups excluding carboxylic acids is 2. The smallest absolute Gasteiger partial charge is 0.255 e. The second-order valence-electron chi connectivity index (χ2n) is 10.9. The molecule has 0 aliphatic carbocycles. The van der Waals surface area contributed by atoms with Crippen LogP contribution in [0.4, 0.5) is 0 Å². The molecule has 0 bridgehead atoms. The van der Waals surface area contributed by atoms with Crippen molar-refractivity contribution >= 4 is 23.2 Å². The summed E-state index contributed by atoms with van der Waals surface area (Å²) in [4.78, 5) is 35.9. The lowest BCUT2D eigenvalue weighted by atomic mass is 9.96. The Labute approximate surface area is 265 Å². The number of carbonyl (C=O) groups is 2. The third kappa shape index (κ3) is 7.05. The minimum Gasteiger partial charge on any atom is -0.508 e. The number of amides is 2. The van der Waals surface area contributed by atoms with Crippen molar-refractivity contribution in [3.8, 4) is 21.9 Å². The average Bonchev–Trinajstić information content (AvgIpc) is 3.77. The van der Waals surface area contributed by atoms with Crippen LogP contribution in [0.15, 0.2) is 91.0 Å². The first-order chi connectivity index (χ1) is 22.0. The predicted octanol–water partition coefficient (Wildman–Crippen LogP) is 4.46. The van der Waals surface area contributed by atoms with Crippen molar-refractivity contribution in [2.75, 3.05) is 13.7 Å². The summed E-state index contributed by atoms with van der Waals surface area (Å²) in [5.74, 6) is -0.0419. The summed E-state index contributed by atoms with van der Waals surface area (Å²) in [6.07, 6.45) is 6.61. The number of phenols is 1. The Kier molecular flexibility index (Phi) is 9.18. The van der Waals surface area contributed by atoms with Gasteiger partial charge < -0.3 is 30.4 Å². The van der Waals surface area contributed by atoms with Crippen molar-refractivity contribution in [3.05, 3.63) is 119 Å². The Morgan fingerprint density at radius 2 is 1.84 bits per heavy atom. The van der Waals surface area contributed by atoms with Crippen molar-refractivity contribution in [1.29, 1.82) is 0 Å². The van der Waals surface area contributed by atoms with Gasteiger partial charge >= 0.3 is 0 Å². The van der Waals surface area contributed by atoms with Crippen LogP contribution in [-0.4, -0.2) is 51.2 Å². The van der Waals surface area contributed by atoms with Gasteiger partial charge in [0.15, 0.2) is 0 Å². The lowest BCUT2D eigenvalue weighted by molar-refractivity contribution is -0.122. The fraction of sp³-hybridized carbons (Fsp3) is 0.235. The summed E-state index contributed by atoms with van der Waals surface area (Å²) in [5, 5.41) is 18.8. The van der Waals surface area contributed by atoms with E-state index in [1.807, 2.05) is 36.4 Å². The number of rotatable bonds is 11. The molecule has 0 saturated carbocycles. The number of imidazole rings is 1. The Morgan fingerprint density at radius 3 is 2.60 bits per heavy atom. The van der Waals surface area contributed by atoms with Gasteiger partial charge in [0.05, 0.1) is 34.6 Å². The molecule has 0 saturated heterocycles. The third-order valence-corrected chi connectivity index (χ3v) is 8.74. The molecule has 3 heterocycles. The molecule has 10 nitrogen and oxygen atoms in total. The van der Waals surface area contributed by atoms with Crippen molar-refractivity contribution in [2.45, 2.75) is 38.0 Å². The molecule has 6 rings (SSSR count). The van der Waals surface area contributed by atoms with Crippen molar-refractivity contribution in [1.82, 2.24) is 30.5 Å². The van der Waals surface area contributed by atoms with E-state index in [0.717, 1.165) is 33.7 Å². The second kappa shape index (κ2) is 13.7. The number of aromatic hydroxyl groups is 1. The van der Waals surface area contributed by atoms with E-state index in [0.29, 0.717) is 31.0 Å². The van der Waals surface area contributed by atoms with Crippen LogP contribution in [-0.2, 0) is 24.3 Å². The quantitative estimate of drug-likeness (QED) is 0.171. The monoisotopic (exact) mass is 622 g/mol. The van der Waals surface area contributed by atoms with Gasteiger partial charge in [-0.1, -0.05) is 48.5 Å². The van der Waals surface area contributed by atoms with Gasteiger partial charge in [-0.05, 0) is 34.9 Å². The molecule has 3 aromatic carbocycles. The number of nitrogens with zero attached hydrogens (tertiary/aromatic N) is 3. The molecule has 0 unspecified atom stereocenters. The number of fused-ring (bicyclic) bond motifs is 1. The van der Waals surface area contributed by atoms with Gasteiger partial charge in [-0.3, -0.25) is 14.6 Å². The first-order valence-corrected chi connectivity index (χ1v) is 15.6. The minimum atomic E-state index is -0.801. The Balaban J connectivity index is 1.12. The van der Waals surface area contributed by atoms with Gasteiger partial charge in [0.25, 0.3) is 5.91 Å². The molecule has 45 heavy (non-hydrogen) atoms. The molecule has 5 aromatic rings. The van der Waals surface area contributed by atoms with E-state index in [2.05, 4.69) is 54.8 Å². The average molecular weight is 623 g/mol. The van der Waals surface area contributed by atoms with Crippen molar-refractivity contribution in [3.63, 3.8) is 0 Å². The highest BCUT2D eigenvalue weighted by atomic mass is 32.1. The van der Waals surface area contributed by atoms with Gasteiger partial charge in [-0.25, -0.2) is 4.98 Å². The van der Waals surface area contributed by atoms with E-state index >= 15 is 0 Å². The molecule has 2 atom stereocenters. The first kappa shape index (κ1) is 30.0. The number of nitrogens with one attached hydrogen (secondary N) is 3. The molecule has 1 aliphatic rings. The summed E-state index contributed by atoms with van der Waals surface area (Å²) in [5.41, 5.74) is 7.30. The van der Waals surface area contributed by atoms with Gasteiger partial charge in [-0.15, -0.1) is 11.3 Å². The topological polar surface area (TPSA) is 130 Å². The molecular formula is C34H34N6O4S. The van der Waals surface area contributed by atoms with E-state index < -0.39 is 6.04 Å². The zero-order chi connectivity index (χ0) is 31.2. The predicted molar refractivity (Wildman–Crippen MR) is 172 cm³/mol. The van der Waals surface area contributed by atoms with Gasteiger partial charge in [0, 0.05) is 57.0 Å². The van der Waals surface area contributed by atoms with Crippen LogP contribution >= 0.6 is 11.3 Å².